The number of primary amides is 1. The minimum absolute atomic E-state index is 0.0254. The lowest BCUT2D eigenvalue weighted by atomic mass is 9.57. The van der Waals surface area contributed by atoms with Crippen LogP contribution in [0.1, 0.15) is 50.2 Å². The first-order valence-corrected chi connectivity index (χ1v) is 14.7. The van der Waals surface area contributed by atoms with Crippen LogP contribution in [0.25, 0.3) is 16.9 Å². The number of aromatic hydroxyl groups is 1. The molecular formula is C32H37N3O8. The van der Waals surface area contributed by atoms with E-state index in [1.165, 1.54) is 11.2 Å². The highest BCUT2D eigenvalue weighted by molar-refractivity contribution is 6.24. The van der Waals surface area contributed by atoms with Gasteiger partial charge in [0, 0.05) is 23.1 Å². The number of phenols is 1. The van der Waals surface area contributed by atoms with Crippen molar-refractivity contribution in [2.45, 2.75) is 63.1 Å². The minimum Gasteiger partial charge on any atom is -0.508 e. The van der Waals surface area contributed by atoms with Crippen LogP contribution < -0.4 is 11.1 Å². The molecule has 1 aromatic carbocycles. The predicted molar refractivity (Wildman–Crippen MR) is 157 cm³/mol. The lowest BCUT2D eigenvalue weighted by Gasteiger charge is -2.50. The number of carbonyl (C=O) groups is 3. The summed E-state index contributed by atoms with van der Waals surface area (Å²) in [7, 11) is 3.15. The van der Waals surface area contributed by atoms with Crippen molar-refractivity contribution in [2.75, 3.05) is 19.4 Å². The molecule has 1 aromatic heterocycles. The number of hydrogen-bond acceptors (Lipinski definition) is 10. The van der Waals surface area contributed by atoms with Crippen molar-refractivity contribution < 1.29 is 39.2 Å². The third kappa shape index (κ3) is 4.28. The number of benzene rings is 1. The SMILES string of the molecule is CC1CCC(Nc2cc(-c3ccoc3)c3c(c2O)C(O)=C2C(=O)[C@]4(O)C(O)=C(C(N)=O)C(=O)[C@@H](N(C)C)[C@@H]4C[C@@H]2C3)CC1. The van der Waals surface area contributed by atoms with E-state index in [-0.39, 0.29) is 35.8 Å². The zero-order valence-electron chi connectivity index (χ0n) is 24.4. The van der Waals surface area contributed by atoms with Crippen LogP contribution in [-0.2, 0) is 20.8 Å². The second kappa shape index (κ2) is 10.3. The molecule has 1 heterocycles. The molecule has 228 valence electrons. The van der Waals surface area contributed by atoms with Gasteiger partial charge in [0.15, 0.2) is 11.4 Å². The maximum atomic E-state index is 14.2. The van der Waals surface area contributed by atoms with Crippen LogP contribution >= 0.6 is 0 Å². The molecule has 4 atom stereocenters. The molecule has 0 spiro atoms. The van der Waals surface area contributed by atoms with Crippen molar-refractivity contribution in [3.05, 3.63) is 52.7 Å². The van der Waals surface area contributed by atoms with Crippen molar-refractivity contribution in [1.29, 1.82) is 0 Å². The number of nitrogens with zero attached hydrogens (tertiary/aromatic N) is 1. The zero-order valence-corrected chi connectivity index (χ0v) is 24.4. The second-order valence-electron chi connectivity index (χ2n) is 12.7. The molecule has 0 unspecified atom stereocenters. The summed E-state index contributed by atoms with van der Waals surface area (Å²) in [6.07, 6.45) is 7.24. The first kappa shape index (κ1) is 29.0. The first-order valence-electron chi connectivity index (χ1n) is 14.7. The van der Waals surface area contributed by atoms with Crippen molar-refractivity contribution in [3.63, 3.8) is 0 Å². The van der Waals surface area contributed by atoms with E-state index in [1.54, 1.807) is 26.4 Å². The fourth-order valence-electron chi connectivity index (χ4n) is 7.72. The summed E-state index contributed by atoms with van der Waals surface area (Å²) < 4.78 is 5.36. The van der Waals surface area contributed by atoms with Gasteiger partial charge in [-0.15, -0.1) is 0 Å². The maximum absolute atomic E-state index is 14.2. The number of nitrogens with one attached hydrogen (secondary N) is 1. The molecule has 0 radical (unpaired) electrons. The Morgan fingerprint density at radius 2 is 1.84 bits per heavy atom. The van der Waals surface area contributed by atoms with Crippen molar-refractivity contribution >= 4 is 28.9 Å². The average molecular weight is 592 g/mol. The fraction of sp³-hybridized carbons (Fsp3) is 0.469. The Hall–Kier alpha value is -4.09. The van der Waals surface area contributed by atoms with Gasteiger partial charge < -0.3 is 35.9 Å². The van der Waals surface area contributed by atoms with Crippen molar-refractivity contribution in [1.82, 2.24) is 4.90 Å². The number of fused-ring (bicyclic) bond motifs is 3. The molecule has 7 N–H and O–H groups in total. The van der Waals surface area contributed by atoms with Gasteiger partial charge in [0.1, 0.15) is 22.8 Å². The number of aliphatic hydroxyl groups excluding tert-OH is 2. The van der Waals surface area contributed by atoms with Crippen LogP contribution in [0.5, 0.6) is 5.75 Å². The smallest absolute Gasteiger partial charge is 0.255 e. The van der Waals surface area contributed by atoms with Crippen LogP contribution in [0, 0.1) is 17.8 Å². The Morgan fingerprint density at radius 3 is 2.44 bits per heavy atom. The second-order valence-corrected chi connectivity index (χ2v) is 12.7. The van der Waals surface area contributed by atoms with Crippen molar-refractivity contribution in [3.8, 4) is 16.9 Å². The third-order valence-corrected chi connectivity index (χ3v) is 9.93. The number of rotatable bonds is 5. The van der Waals surface area contributed by atoms with Crippen LogP contribution in [0.15, 0.2) is 46.0 Å². The van der Waals surface area contributed by atoms with E-state index < -0.39 is 58.0 Å². The van der Waals surface area contributed by atoms with E-state index in [4.69, 9.17) is 10.2 Å². The van der Waals surface area contributed by atoms with E-state index in [1.807, 2.05) is 6.07 Å². The number of likely N-dealkylation sites (N-methyl/N-ethyl adjacent to an activating group) is 1. The Kier molecular flexibility index (Phi) is 6.93. The molecule has 2 saturated carbocycles. The largest absolute Gasteiger partial charge is 0.508 e. The highest BCUT2D eigenvalue weighted by Crippen LogP contribution is 2.54. The van der Waals surface area contributed by atoms with E-state index >= 15 is 0 Å². The van der Waals surface area contributed by atoms with Crippen LogP contribution in [-0.4, -0.2) is 74.6 Å². The topological polar surface area (TPSA) is 187 Å². The molecule has 11 nitrogen and oxygen atoms in total. The standard InChI is InChI=1S/C32H37N3O8/c1-14-4-6-17(7-5-14)34-21-12-18(15-8-9-43-13-15)19-10-16-11-20-25(35(2)3)28(38)24(31(33)41)30(40)32(20,42)29(39)22(16)27(37)23(19)26(21)36/h8-9,12-14,16-17,20,25,34,36-37,40,42H,4-7,10-11H2,1-3H3,(H2,33,41)/t14?,16-,17?,20-,25-,32-/m0/s1. The fourth-order valence-corrected chi connectivity index (χ4v) is 7.72. The number of amides is 1. The summed E-state index contributed by atoms with van der Waals surface area (Å²) in [6.45, 7) is 2.21. The lowest BCUT2D eigenvalue weighted by Crippen LogP contribution is -2.65. The van der Waals surface area contributed by atoms with Gasteiger partial charge in [-0.2, -0.15) is 0 Å². The normalized spacial score (nSPS) is 30.7. The van der Waals surface area contributed by atoms with Gasteiger partial charge in [-0.3, -0.25) is 19.3 Å². The third-order valence-electron chi connectivity index (χ3n) is 9.93. The zero-order chi connectivity index (χ0) is 31.0. The summed E-state index contributed by atoms with van der Waals surface area (Å²) in [5, 5.41) is 49.7. The Balaban J connectivity index is 1.53. The van der Waals surface area contributed by atoms with E-state index in [0.717, 1.165) is 31.2 Å². The van der Waals surface area contributed by atoms with Crippen LogP contribution in [0.2, 0.25) is 0 Å². The number of anilines is 1. The number of furan rings is 1. The van der Waals surface area contributed by atoms with E-state index in [2.05, 4.69) is 12.2 Å². The van der Waals surface area contributed by atoms with E-state index in [0.29, 0.717) is 22.7 Å². The van der Waals surface area contributed by atoms with Gasteiger partial charge >= 0.3 is 0 Å². The summed E-state index contributed by atoms with van der Waals surface area (Å²) in [5.41, 5.74) is 4.20. The number of Topliss-reactive ketones (excluding diaryl/α,β-unsaturated/α-hetero) is 2. The number of carbonyl (C=O) groups excluding carboxylic acids is 3. The lowest BCUT2D eigenvalue weighted by molar-refractivity contribution is -0.153. The molecule has 0 aliphatic heterocycles. The number of nitrogens with two attached hydrogens (primary N) is 1. The average Bonchev–Trinajstić information content (AvgIpc) is 3.48. The Morgan fingerprint density at radius 1 is 1.14 bits per heavy atom. The van der Waals surface area contributed by atoms with Gasteiger partial charge in [0.05, 0.1) is 29.8 Å². The monoisotopic (exact) mass is 591 g/mol. The molecule has 1 amide bonds. The number of ketones is 2. The Labute approximate surface area is 248 Å². The predicted octanol–water partition coefficient (Wildman–Crippen LogP) is 3.21. The molecule has 4 aliphatic carbocycles. The molecular weight excluding hydrogens is 554 g/mol. The quantitative estimate of drug-likeness (QED) is 0.223. The molecule has 0 bridgehead atoms. The number of phenolic OH excluding ortho intramolecular Hbond substituents is 1. The molecule has 2 fully saturated rings. The highest BCUT2D eigenvalue weighted by Gasteiger charge is 2.64. The summed E-state index contributed by atoms with van der Waals surface area (Å²) in [5.74, 6) is -6.09. The molecule has 43 heavy (non-hydrogen) atoms. The van der Waals surface area contributed by atoms with Gasteiger partial charge in [-0.05, 0) is 87.7 Å². The van der Waals surface area contributed by atoms with Gasteiger partial charge in [-0.25, -0.2) is 0 Å². The van der Waals surface area contributed by atoms with Crippen molar-refractivity contribution in [2.24, 2.45) is 23.5 Å². The van der Waals surface area contributed by atoms with Crippen LogP contribution in [0.3, 0.4) is 0 Å². The summed E-state index contributed by atoms with van der Waals surface area (Å²) >= 11 is 0. The Bertz CT molecular complexity index is 1580. The minimum atomic E-state index is -2.68. The summed E-state index contributed by atoms with van der Waals surface area (Å²) in [6, 6.07) is 2.58. The molecule has 6 rings (SSSR count). The maximum Gasteiger partial charge on any atom is 0.255 e. The molecule has 2 aromatic rings. The van der Waals surface area contributed by atoms with Gasteiger partial charge in [-0.1, -0.05) is 6.92 Å². The highest BCUT2D eigenvalue weighted by atomic mass is 16.3. The molecule has 11 heteroatoms. The van der Waals surface area contributed by atoms with Gasteiger partial charge in [0.25, 0.3) is 5.91 Å². The molecule has 0 saturated heterocycles. The number of hydrogen-bond donors (Lipinski definition) is 6. The number of aliphatic hydroxyl groups is 3. The summed E-state index contributed by atoms with van der Waals surface area (Å²) in [4.78, 5) is 41.2. The van der Waals surface area contributed by atoms with E-state index in [9.17, 15) is 34.8 Å². The first-order chi connectivity index (χ1) is 20.4. The van der Waals surface area contributed by atoms with Gasteiger partial charge in [0.2, 0.25) is 5.78 Å². The molecule has 4 aliphatic rings. The van der Waals surface area contributed by atoms with Crippen LogP contribution in [0.4, 0.5) is 5.69 Å².